The zero-order valence-electron chi connectivity index (χ0n) is 9.21. The van der Waals surface area contributed by atoms with Gasteiger partial charge in [-0.3, -0.25) is 14.4 Å². The minimum atomic E-state index is -0.359. The zero-order chi connectivity index (χ0) is 11.7. The van der Waals surface area contributed by atoms with Crippen LogP contribution in [0.4, 0.5) is 0 Å². The Kier molecular flexibility index (Phi) is 7.57. The van der Waals surface area contributed by atoms with Crippen LogP contribution >= 0.6 is 0 Å². The zero-order valence-corrected chi connectivity index (χ0v) is 9.21. The summed E-state index contributed by atoms with van der Waals surface area (Å²) < 4.78 is 0. The molecule has 2 amide bonds. The predicted octanol–water partition coefficient (Wildman–Crippen LogP) is -0.497. The van der Waals surface area contributed by atoms with Gasteiger partial charge in [0.2, 0.25) is 11.8 Å². The van der Waals surface area contributed by atoms with Gasteiger partial charge in [-0.1, -0.05) is 13.8 Å². The maximum atomic E-state index is 11.4. The van der Waals surface area contributed by atoms with Crippen LogP contribution in [0.5, 0.6) is 0 Å². The van der Waals surface area contributed by atoms with E-state index in [9.17, 15) is 9.59 Å². The number of amides is 2. The van der Waals surface area contributed by atoms with Crippen molar-refractivity contribution in [1.29, 1.82) is 0 Å². The lowest BCUT2D eigenvalue weighted by Crippen LogP contribution is -2.41. The number of hydrogen-bond acceptors (Lipinski definition) is 4. The van der Waals surface area contributed by atoms with E-state index in [1.807, 2.05) is 13.8 Å². The number of nitrogens with one attached hydrogen (secondary N) is 2. The number of rotatable bonds is 7. The monoisotopic (exact) mass is 217 g/mol. The molecule has 6 heteroatoms. The number of nitrogens with two attached hydrogens (primary N) is 1. The largest absolute Gasteiger partial charge is 0.338 e. The van der Waals surface area contributed by atoms with E-state index < -0.39 is 0 Å². The lowest BCUT2D eigenvalue weighted by molar-refractivity contribution is -0.127. The molecule has 0 aromatic carbocycles. The van der Waals surface area contributed by atoms with Crippen LogP contribution in [0.15, 0.2) is 0 Å². The Balaban J connectivity index is 3.67. The second-order valence-corrected chi connectivity index (χ2v) is 3.14. The van der Waals surface area contributed by atoms with Crippen LogP contribution < -0.4 is 16.5 Å². The average molecular weight is 217 g/mol. The first kappa shape index (κ1) is 13.9. The molecule has 0 aliphatic rings. The highest BCUT2D eigenvalue weighted by molar-refractivity contribution is 5.80. The van der Waals surface area contributed by atoms with Crippen molar-refractivity contribution < 1.29 is 14.4 Å². The fourth-order valence-electron chi connectivity index (χ4n) is 1.16. The van der Waals surface area contributed by atoms with Crippen LogP contribution in [0.2, 0.25) is 0 Å². The van der Waals surface area contributed by atoms with Crippen LogP contribution in [0.1, 0.15) is 26.7 Å². The van der Waals surface area contributed by atoms with Gasteiger partial charge < -0.3 is 10.6 Å². The lowest BCUT2D eigenvalue weighted by atomic mass is 10.0. The Hall–Kier alpha value is -1.14. The van der Waals surface area contributed by atoms with Crippen LogP contribution in [-0.2, 0) is 14.4 Å². The number of carbonyl (C=O) groups excluding carboxylic acids is 2. The summed E-state index contributed by atoms with van der Waals surface area (Å²) in [4.78, 5) is 26.4. The van der Waals surface area contributed by atoms with Gasteiger partial charge >= 0.3 is 0 Å². The molecule has 0 saturated carbocycles. The smallest absolute Gasteiger partial charge is 0.249 e. The molecule has 0 spiro atoms. The first-order valence-corrected chi connectivity index (χ1v) is 5.01. The van der Waals surface area contributed by atoms with Crippen molar-refractivity contribution in [2.24, 2.45) is 11.8 Å². The Bertz CT molecular complexity index is 205. The van der Waals surface area contributed by atoms with Crippen LogP contribution in [-0.4, -0.2) is 25.1 Å². The van der Waals surface area contributed by atoms with Gasteiger partial charge in [-0.25, -0.2) is 5.90 Å². The van der Waals surface area contributed by atoms with Gasteiger partial charge in [0.15, 0.2) is 0 Å². The van der Waals surface area contributed by atoms with Crippen molar-refractivity contribution in [3.8, 4) is 0 Å². The highest BCUT2D eigenvalue weighted by Crippen LogP contribution is 2.06. The van der Waals surface area contributed by atoms with E-state index in [4.69, 9.17) is 5.90 Å². The Morgan fingerprint density at radius 2 is 1.87 bits per heavy atom. The maximum Gasteiger partial charge on any atom is 0.249 e. The van der Waals surface area contributed by atoms with E-state index in [2.05, 4.69) is 15.5 Å². The third-order valence-corrected chi connectivity index (χ3v) is 2.12. The average Bonchev–Trinajstić information content (AvgIpc) is 2.20. The Morgan fingerprint density at radius 1 is 1.27 bits per heavy atom. The molecule has 0 aliphatic carbocycles. The summed E-state index contributed by atoms with van der Waals surface area (Å²) >= 11 is 0. The van der Waals surface area contributed by atoms with E-state index >= 15 is 0 Å². The van der Waals surface area contributed by atoms with Crippen molar-refractivity contribution >= 4 is 11.8 Å². The molecule has 0 unspecified atom stereocenters. The van der Waals surface area contributed by atoms with E-state index in [0.29, 0.717) is 0 Å². The van der Waals surface area contributed by atoms with Crippen LogP contribution in [0.25, 0.3) is 0 Å². The molecule has 0 aliphatic heterocycles. The molecule has 0 saturated heterocycles. The summed E-state index contributed by atoms with van der Waals surface area (Å²) in [6.07, 6.45) is 1.59. The molecule has 0 aromatic rings. The van der Waals surface area contributed by atoms with E-state index in [-0.39, 0.29) is 31.0 Å². The maximum absolute atomic E-state index is 11.4. The quantitative estimate of drug-likeness (QED) is 0.396. The van der Waals surface area contributed by atoms with Crippen LogP contribution in [0.3, 0.4) is 0 Å². The summed E-state index contributed by atoms with van der Waals surface area (Å²) in [6, 6.07) is 0. The van der Waals surface area contributed by atoms with E-state index in [1.165, 1.54) is 0 Å². The fraction of sp³-hybridized carbons (Fsp3) is 0.778. The first-order chi connectivity index (χ1) is 7.15. The van der Waals surface area contributed by atoms with Gasteiger partial charge in [0.05, 0.1) is 6.67 Å². The molecule has 0 fully saturated rings. The molecule has 0 atom stereocenters. The van der Waals surface area contributed by atoms with Gasteiger partial charge in [-0.2, -0.15) is 0 Å². The van der Waals surface area contributed by atoms with Crippen molar-refractivity contribution in [3.05, 3.63) is 0 Å². The van der Waals surface area contributed by atoms with Crippen LogP contribution in [0, 0.1) is 5.92 Å². The van der Waals surface area contributed by atoms with Crippen molar-refractivity contribution in [2.75, 3.05) is 13.3 Å². The van der Waals surface area contributed by atoms with Gasteiger partial charge in [0.1, 0.15) is 6.61 Å². The Labute approximate surface area is 89.5 Å². The first-order valence-electron chi connectivity index (χ1n) is 5.01. The standard InChI is InChI=1S/C9H19N3O3/c1-3-7(4-2)9(14)12-6-11-8(13)5-15-10/h7H,3-6,10H2,1-2H3,(H,11,13)(H,12,14). The third kappa shape index (κ3) is 6.03. The van der Waals surface area contributed by atoms with Crippen molar-refractivity contribution in [1.82, 2.24) is 10.6 Å². The van der Waals surface area contributed by atoms with Crippen molar-refractivity contribution in [3.63, 3.8) is 0 Å². The topological polar surface area (TPSA) is 93.5 Å². The Morgan fingerprint density at radius 3 is 2.33 bits per heavy atom. The predicted molar refractivity (Wildman–Crippen MR) is 55.4 cm³/mol. The normalized spacial score (nSPS) is 10.1. The lowest BCUT2D eigenvalue weighted by Gasteiger charge is -2.12. The SMILES string of the molecule is CCC(CC)C(=O)NCNC(=O)CON. The molecule has 0 aromatic heterocycles. The van der Waals surface area contributed by atoms with Gasteiger partial charge in [0, 0.05) is 5.92 Å². The molecule has 0 radical (unpaired) electrons. The molecule has 15 heavy (non-hydrogen) atoms. The molecule has 4 N–H and O–H groups in total. The molecule has 0 bridgehead atoms. The molecular formula is C9H19N3O3. The molecular weight excluding hydrogens is 198 g/mol. The second-order valence-electron chi connectivity index (χ2n) is 3.14. The van der Waals surface area contributed by atoms with Gasteiger partial charge in [0.25, 0.3) is 0 Å². The number of carbonyl (C=O) groups is 2. The van der Waals surface area contributed by atoms with Gasteiger partial charge in [-0.15, -0.1) is 0 Å². The summed E-state index contributed by atoms with van der Waals surface area (Å²) in [7, 11) is 0. The molecule has 6 nitrogen and oxygen atoms in total. The van der Waals surface area contributed by atoms with Gasteiger partial charge in [-0.05, 0) is 12.8 Å². The molecule has 88 valence electrons. The third-order valence-electron chi connectivity index (χ3n) is 2.12. The minimum Gasteiger partial charge on any atom is -0.338 e. The number of hydrogen-bond donors (Lipinski definition) is 3. The summed E-state index contributed by atoms with van der Waals surface area (Å²) in [5.41, 5.74) is 0. The molecule has 0 rings (SSSR count). The highest BCUT2D eigenvalue weighted by atomic mass is 16.6. The van der Waals surface area contributed by atoms with Crippen molar-refractivity contribution in [2.45, 2.75) is 26.7 Å². The summed E-state index contributed by atoms with van der Waals surface area (Å²) in [5.74, 6) is 4.30. The van der Waals surface area contributed by atoms with E-state index in [0.717, 1.165) is 12.8 Å². The summed E-state index contributed by atoms with van der Waals surface area (Å²) in [5, 5.41) is 5.05. The summed E-state index contributed by atoms with van der Waals surface area (Å²) in [6.45, 7) is 3.81. The van der Waals surface area contributed by atoms with E-state index in [1.54, 1.807) is 0 Å². The second kappa shape index (κ2) is 8.19. The molecule has 0 heterocycles. The fourth-order valence-corrected chi connectivity index (χ4v) is 1.16. The minimum absolute atomic E-state index is 0.00709. The highest BCUT2D eigenvalue weighted by Gasteiger charge is 2.13.